The summed E-state index contributed by atoms with van der Waals surface area (Å²) in [7, 11) is 3.55. The summed E-state index contributed by atoms with van der Waals surface area (Å²) >= 11 is 1.40. The van der Waals surface area contributed by atoms with Crippen LogP contribution in [0, 0.1) is 11.3 Å². The molecule has 0 saturated carbocycles. The zero-order valence-corrected chi connectivity index (χ0v) is 22.6. The molecule has 0 aromatic carbocycles. The number of hydrogen-bond donors (Lipinski definition) is 1. The fourth-order valence-electron chi connectivity index (χ4n) is 6.43. The molecule has 0 bridgehead atoms. The van der Waals surface area contributed by atoms with E-state index in [9.17, 15) is 4.79 Å². The lowest BCUT2D eigenvalue weighted by Gasteiger charge is -2.41. The third kappa shape index (κ3) is 4.29. The molecule has 0 aliphatic carbocycles. The average molecular weight is 529 g/mol. The molecule has 1 spiro atoms. The molecule has 4 aliphatic rings. The van der Waals surface area contributed by atoms with Crippen LogP contribution in [-0.4, -0.2) is 79.3 Å². The first-order valence-corrected chi connectivity index (χ1v) is 14.0. The normalized spacial score (nSPS) is 28.3. The smallest absolute Gasteiger partial charge is 0.268 e. The summed E-state index contributed by atoms with van der Waals surface area (Å²) in [5.41, 5.74) is 6.44. The highest BCUT2D eigenvalue weighted by Crippen LogP contribution is 2.45. The number of ether oxygens (including phenoxy) is 3. The van der Waals surface area contributed by atoms with Crippen molar-refractivity contribution in [1.82, 2.24) is 14.5 Å². The first-order chi connectivity index (χ1) is 17.9. The molecule has 2 aromatic heterocycles. The Labute approximate surface area is 221 Å². The number of methoxy groups -OCH3 is 1. The number of anilines is 2. The quantitative estimate of drug-likeness (QED) is 0.618. The van der Waals surface area contributed by atoms with E-state index in [4.69, 9.17) is 24.9 Å². The highest BCUT2D eigenvalue weighted by Gasteiger charge is 2.48. The molecule has 11 heteroatoms. The van der Waals surface area contributed by atoms with Crippen LogP contribution in [0.1, 0.15) is 26.2 Å². The number of nitrogens with two attached hydrogens (primary N) is 1. The van der Waals surface area contributed by atoms with Crippen molar-refractivity contribution in [3.63, 3.8) is 0 Å². The van der Waals surface area contributed by atoms with E-state index < -0.39 is 0 Å². The van der Waals surface area contributed by atoms with Gasteiger partial charge < -0.3 is 29.7 Å². The fourth-order valence-corrected chi connectivity index (χ4v) is 7.37. The van der Waals surface area contributed by atoms with Crippen LogP contribution in [-0.2, 0) is 16.5 Å². The van der Waals surface area contributed by atoms with E-state index in [0.717, 1.165) is 62.0 Å². The standard InChI is InChI=1S/C26H36N6O4S/c1-16-22(27)26(15-36-16)5-8-31(9-6-26)25-29-11-20(24(33)30(25)2)37-19-4-7-28-23-21(19)35-14-18-10-17(13-34-3)12-32(18)23/h4,7,11,16-18,22H,5-6,8-10,12-15,27H2,1-3H3/t16-,17-,18-,22+/m0/s1. The van der Waals surface area contributed by atoms with E-state index in [1.165, 1.54) is 11.8 Å². The predicted octanol–water partition coefficient (Wildman–Crippen LogP) is 1.89. The van der Waals surface area contributed by atoms with Crippen LogP contribution in [0.2, 0.25) is 0 Å². The van der Waals surface area contributed by atoms with Gasteiger partial charge in [-0.2, -0.15) is 0 Å². The number of hydrogen-bond acceptors (Lipinski definition) is 10. The van der Waals surface area contributed by atoms with Crippen molar-refractivity contribution >= 4 is 23.5 Å². The first kappa shape index (κ1) is 25.0. The van der Waals surface area contributed by atoms with Crippen molar-refractivity contribution in [2.24, 2.45) is 24.1 Å². The van der Waals surface area contributed by atoms with Crippen LogP contribution in [0.5, 0.6) is 5.75 Å². The summed E-state index contributed by atoms with van der Waals surface area (Å²) in [5.74, 6) is 2.77. The van der Waals surface area contributed by atoms with Gasteiger partial charge in [-0.25, -0.2) is 9.97 Å². The van der Waals surface area contributed by atoms with Crippen molar-refractivity contribution < 1.29 is 14.2 Å². The highest BCUT2D eigenvalue weighted by molar-refractivity contribution is 7.99. The van der Waals surface area contributed by atoms with Gasteiger partial charge in [0.25, 0.3) is 5.56 Å². The van der Waals surface area contributed by atoms with Gasteiger partial charge >= 0.3 is 0 Å². The number of fused-ring (bicyclic) bond motifs is 3. The van der Waals surface area contributed by atoms with Crippen molar-refractivity contribution in [2.75, 3.05) is 56.4 Å². The summed E-state index contributed by atoms with van der Waals surface area (Å²) in [6.07, 6.45) is 6.50. The average Bonchev–Trinajstić information content (AvgIpc) is 3.44. The number of pyridine rings is 1. The van der Waals surface area contributed by atoms with Crippen LogP contribution in [0.3, 0.4) is 0 Å². The Hall–Kier alpha value is -2.34. The maximum absolute atomic E-state index is 13.4. The van der Waals surface area contributed by atoms with E-state index in [1.54, 1.807) is 31.1 Å². The molecule has 0 radical (unpaired) electrons. The minimum Gasteiger partial charge on any atom is -0.486 e. The van der Waals surface area contributed by atoms with E-state index in [-0.39, 0.29) is 23.1 Å². The van der Waals surface area contributed by atoms with E-state index >= 15 is 0 Å². The Kier molecular flexibility index (Phi) is 6.58. The summed E-state index contributed by atoms with van der Waals surface area (Å²) in [6, 6.07) is 2.28. The van der Waals surface area contributed by atoms with Gasteiger partial charge in [-0.3, -0.25) is 9.36 Å². The molecule has 3 fully saturated rings. The molecule has 6 rings (SSSR count). The fraction of sp³-hybridized carbons (Fsp3) is 0.654. The zero-order chi connectivity index (χ0) is 25.7. The maximum Gasteiger partial charge on any atom is 0.268 e. The minimum absolute atomic E-state index is 0.0307. The lowest BCUT2D eigenvalue weighted by molar-refractivity contribution is 0.0973. The SMILES string of the molecule is COC[C@H]1C[C@H]2COc3c(Sc4cnc(N5CCC6(CC5)CO[C@@H](C)[C@H]6N)n(C)c4=O)ccnc3N2C1. The largest absolute Gasteiger partial charge is 0.486 e. The predicted molar refractivity (Wildman–Crippen MR) is 142 cm³/mol. The number of rotatable bonds is 5. The Morgan fingerprint density at radius 1 is 1.27 bits per heavy atom. The molecule has 200 valence electrons. The van der Waals surface area contributed by atoms with E-state index in [0.29, 0.717) is 36.0 Å². The first-order valence-electron chi connectivity index (χ1n) is 13.1. The van der Waals surface area contributed by atoms with E-state index in [1.807, 2.05) is 6.07 Å². The topological polar surface area (TPSA) is 108 Å². The van der Waals surface area contributed by atoms with Crippen LogP contribution in [0.25, 0.3) is 0 Å². The van der Waals surface area contributed by atoms with Crippen molar-refractivity contribution in [3.8, 4) is 5.75 Å². The van der Waals surface area contributed by atoms with Gasteiger partial charge in [0.2, 0.25) is 5.95 Å². The Bertz CT molecular complexity index is 1220. The molecular weight excluding hydrogens is 492 g/mol. The van der Waals surface area contributed by atoms with Gasteiger partial charge in [-0.05, 0) is 32.3 Å². The number of aromatic nitrogens is 3. The second-order valence-electron chi connectivity index (χ2n) is 10.9. The van der Waals surface area contributed by atoms with Crippen LogP contribution in [0.4, 0.5) is 11.8 Å². The Balaban J connectivity index is 1.19. The molecule has 3 saturated heterocycles. The highest BCUT2D eigenvalue weighted by atomic mass is 32.2. The van der Waals surface area contributed by atoms with Gasteiger partial charge in [0.1, 0.15) is 6.61 Å². The Morgan fingerprint density at radius 3 is 2.81 bits per heavy atom. The molecule has 4 atom stereocenters. The van der Waals surface area contributed by atoms with E-state index in [2.05, 4.69) is 21.7 Å². The summed E-state index contributed by atoms with van der Waals surface area (Å²) in [4.78, 5) is 28.7. The van der Waals surface area contributed by atoms with Crippen molar-refractivity contribution in [2.45, 2.75) is 54.2 Å². The van der Waals surface area contributed by atoms with Crippen LogP contribution in [0.15, 0.2) is 33.0 Å². The maximum atomic E-state index is 13.4. The Morgan fingerprint density at radius 2 is 2.08 bits per heavy atom. The third-order valence-electron chi connectivity index (χ3n) is 8.67. The molecule has 2 N–H and O–H groups in total. The molecular formula is C26H36N6O4S. The molecule has 4 aliphatic heterocycles. The van der Waals surface area contributed by atoms with Gasteiger partial charge in [0.05, 0.1) is 41.3 Å². The molecule has 0 unspecified atom stereocenters. The van der Waals surface area contributed by atoms with Crippen molar-refractivity contribution in [1.29, 1.82) is 0 Å². The molecule has 10 nitrogen and oxygen atoms in total. The molecule has 2 aromatic rings. The van der Waals surface area contributed by atoms with Gasteiger partial charge in [0.15, 0.2) is 11.6 Å². The lowest BCUT2D eigenvalue weighted by atomic mass is 9.73. The minimum atomic E-state index is -0.0645. The summed E-state index contributed by atoms with van der Waals surface area (Å²) in [6.45, 7) is 6.65. The van der Waals surface area contributed by atoms with Gasteiger partial charge in [-0.15, -0.1) is 0 Å². The molecule has 6 heterocycles. The van der Waals surface area contributed by atoms with Gasteiger partial charge in [-0.1, -0.05) is 11.8 Å². The third-order valence-corrected chi connectivity index (χ3v) is 9.71. The van der Waals surface area contributed by atoms with Gasteiger partial charge in [0, 0.05) is 57.4 Å². The van der Waals surface area contributed by atoms with Crippen molar-refractivity contribution in [3.05, 3.63) is 28.8 Å². The summed E-state index contributed by atoms with van der Waals surface area (Å²) < 4.78 is 19.1. The van der Waals surface area contributed by atoms with Crippen LogP contribution >= 0.6 is 11.8 Å². The second kappa shape index (κ2) is 9.76. The van der Waals surface area contributed by atoms with Crippen LogP contribution < -0.4 is 25.8 Å². The molecule has 0 amide bonds. The lowest BCUT2D eigenvalue weighted by Crippen LogP contribution is -2.51. The number of piperidine rings is 1. The zero-order valence-electron chi connectivity index (χ0n) is 21.8. The number of nitrogens with zero attached hydrogens (tertiary/aromatic N) is 5. The molecule has 37 heavy (non-hydrogen) atoms. The summed E-state index contributed by atoms with van der Waals surface area (Å²) in [5, 5.41) is 0. The monoisotopic (exact) mass is 528 g/mol. The second-order valence-corrected chi connectivity index (χ2v) is 12.0.